The number of carbonyl (C=O) groups excluding carboxylic acids is 1. The molecule has 0 atom stereocenters. The zero-order valence-electron chi connectivity index (χ0n) is 11.0. The molecule has 1 saturated carbocycles. The Morgan fingerprint density at radius 2 is 2.19 bits per heavy atom. The Morgan fingerprint density at radius 1 is 1.48 bits per heavy atom. The highest BCUT2D eigenvalue weighted by molar-refractivity contribution is 7.99. The molecule has 2 amide bonds. The molecule has 1 aliphatic carbocycles. The molecule has 0 unspecified atom stereocenters. The molecule has 0 bridgehead atoms. The smallest absolute Gasteiger partial charge is 0.319 e. The highest BCUT2D eigenvalue weighted by Crippen LogP contribution is 2.44. The minimum absolute atomic E-state index is 0.0247. The fourth-order valence-electron chi connectivity index (χ4n) is 1.82. The zero-order valence-corrected chi connectivity index (χ0v) is 12.6. The number of thioether (sulfide) groups is 1. The van der Waals surface area contributed by atoms with E-state index in [0.29, 0.717) is 6.54 Å². The van der Waals surface area contributed by atoms with E-state index in [-0.39, 0.29) is 39.4 Å². The van der Waals surface area contributed by atoms with Crippen molar-refractivity contribution in [1.29, 1.82) is 0 Å². The average molecular weight is 337 g/mol. The van der Waals surface area contributed by atoms with E-state index in [1.807, 2.05) is 0 Å². The lowest BCUT2D eigenvalue weighted by atomic mass is 10.1. The molecular formula is C13H15ClF2N2O2S. The normalized spacial score (nSPS) is 15.9. The number of hydrogen-bond acceptors (Lipinski definition) is 3. The van der Waals surface area contributed by atoms with Crippen LogP contribution in [0.4, 0.5) is 19.3 Å². The summed E-state index contributed by atoms with van der Waals surface area (Å²) in [4.78, 5) is 11.9. The summed E-state index contributed by atoms with van der Waals surface area (Å²) in [5, 5.41) is 14.5. The Balaban J connectivity index is 1.98. The highest BCUT2D eigenvalue weighted by atomic mass is 35.5. The van der Waals surface area contributed by atoms with E-state index in [1.54, 1.807) is 6.07 Å². The molecular weight excluding hydrogens is 322 g/mol. The van der Waals surface area contributed by atoms with E-state index >= 15 is 0 Å². The largest absolute Gasteiger partial charge is 0.396 e. The van der Waals surface area contributed by atoms with Crippen molar-refractivity contribution in [3.05, 3.63) is 23.2 Å². The molecule has 0 saturated heterocycles. The zero-order chi connectivity index (χ0) is 15.5. The van der Waals surface area contributed by atoms with Crippen LogP contribution in [0.5, 0.6) is 0 Å². The second-order valence-electron chi connectivity index (χ2n) is 4.96. The van der Waals surface area contributed by atoms with Crippen molar-refractivity contribution in [2.45, 2.75) is 23.5 Å². The summed E-state index contributed by atoms with van der Waals surface area (Å²) in [6.07, 6.45) is 1.74. The number of anilines is 1. The third-order valence-corrected chi connectivity index (χ3v) is 4.62. The van der Waals surface area contributed by atoms with Gasteiger partial charge in [-0.05, 0) is 25.0 Å². The summed E-state index contributed by atoms with van der Waals surface area (Å²) in [6.45, 7) is 0.379. The van der Waals surface area contributed by atoms with Gasteiger partial charge in [0.2, 0.25) is 0 Å². The summed E-state index contributed by atoms with van der Waals surface area (Å²) in [5.74, 6) is -2.63. The highest BCUT2D eigenvalue weighted by Gasteiger charge is 2.42. The molecule has 0 radical (unpaired) electrons. The van der Waals surface area contributed by atoms with Crippen molar-refractivity contribution >= 4 is 35.1 Å². The van der Waals surface area contributed by atoms with Crippen LogP contribution in [0.15, 0.2) is 23.1 Å². The van der Waals surface area contributed by atoms with Gasteiger partial charge < -0.3 is 15.7 Å². The second-order valence-corrected chi connectivity index (χ2v) is 6.37. The fraction of sp³-hybridized carbons (Fsp3) is 0.462. The molecule has 1 fully saturated rings. The van der Waals surface area contributed by atoms with Crippen molar-refractivity contribution in [3.63, 3.8) is 0 Å². The van der Waals surface area contributed by atoms with Crippen LogP contribution in [0.2, 0.25) is 5.02 Å². The minimum Gasteiger partial charge on any atom is -0.396 e. The molecule has 2 rings (SSSR count). The van der Waals surface area contributed by atoms with E-state index in [9.17, 15) is 13.6 Å². The molecule has 1 aliphatic rings. The van der Waals surface area contributed by atoms with E-state index in [2.05, 4.69) is 10.6 Å². The average Bonchev–Trinajstić information content (AvgIpc) is 3.21. The number of carbonyl (C=O) groups is 1. The van der Waals surface area contributed by atoms with Gasteiger partial charge in [-0.3, -0.25) is 0 Å². The number of benzene rings is 1. The molecule has 4 nitrogen and oxygen atoms in total. The van der Waals surface area contributed by atoms with Gasteiger partial charge in [0.1, 0.15) is 0 Å². The predicted octanol–water partition coefficient (Wildman–Crippen LogP) is 3.55. The van der Waals surface area contributed by atoms with Crippen LogP contribution in [0.25, 0.3) is 0 Å². The minimum atomic E-state index is -2.63. The van der Waals surface area contributed by atoms with Crippen LogP contribution >= 0.6 is 23.4 Å². The van der Waals surface area contributed by atoms with E-state index in [4.69, 9.17) is 16.7 Å². The third-order valence-electron chi connectivity index (χ3n) is 3.34. The SMILES string of the molecule is O=C(NCC1(CO)CC1)Nc1cccc(Cl)c1SC(F)F. The first-order valence-corrected chi connectivity index (χ1v) is 7.60. The van der Waals surface area contributed by atoms with Crippen molar-refractivity contribution in [3.8, 4) is 0 Å². The fourth-order valence-corrected chi connectivity index (χ4v) is 2.73. The van der Waals surface area contributed by atoms with Gasteiger partial charge in [-0.15, -0.1) is 0 Å². The predicted molar refractivity (Wildman–Crippen MR) is 79.1 cm³/mol. The molecule has 0 heterocycles. The first-order valence-electron chi connectivity index (χ1n) is 6.35. The van der Waals surface area contributed by atoms with E-state index in [0.717, 1.165) is 12.8 Å². The number of halogens is 3. The molecule has 1 aromatic rings. The molecule has 21 heavy (non-hydrogen) atoms. The van der Waals surface area contributed by atoms with Crippen molar-refractivity contribution in [2.24, 2.45) is 5.41 Å². The van der Waals surface area contributed by atoms with E-state index in [1.165, 1.54) is 12.1 Å². The van der Waals surface area contributed by atoms with Gasteiger partial charge in [0.05, 0.1) is 22.2 Å². The topological polar surface area (TPSA) is 61.4 Å². The standard InChI is InChI=1S/C13H15ClF2N2O2S/c14-8-2-1-3-9(10(8)21-11(15)16)18-12(20)17-6-13(7-19)4-5-13/h1-3,11,19H,4-7H2,(H2,17,18,20). The van der Waals surface area contributed by atoms with Gasteiger partial charge in [0, 0.05) is 12.0 Å². The van der Waals surface area contributed by atoms with Gasteiger partial charge in [-0.2, -0.15) is 8.78 Å². The van der Waals surface area contributed by atoms with Crippen molar-refractivity contribution in [2.75, 3.05) is 18.5 Å². The number of amides is 2. The number of nitrogens with one attached hydrogen (secondary N) is 2. The van der Waals surface area contributed by atoms with Gasteiger partial charge >= 0.3 is 6.03 Å². The number of aliphatic hydroxyl groups excluding tert-OH is 1. The van der Waals surface area contributed by atoms with Gasteiger partial charge in [-0.1, -0.05) is 29.4 Å². The number of alkyl halides is 2. The lowest BCUT2D eigenvalue weighted by Gasteiger charge is -2.15. The first-order chi connectivity index (χ1) is 9.96. The Morgan fingerprint density at radius 3 is 2.76 bits per heavy atom. The van der Waals surface area contributed by atoms with Crippen LogP contribution < -0.4 is 10.6 Å². The van der Waals surface area contributed by atoms with Crippen LogP contribution in [-0.4, -0.2) is 30.0 Å². The third kappa shape index (κ3) is 4.46. The van der Waals surface area contributed by atoms with Crippen LogP contribution in [-0.2, 0) is 0 Å². The lowest BCUT2D eigenvalue weighted by Crippen LogP contribution is -2.35. The molecule has 3 N–H and O–H groups in total. The molecule has 0 spiro atoms. The molecule has 0 aliphatic heterocycles. The van der Waals surface area contributed by atoms with Crippen LogP contribution in [0, 0.1) is 5.41 Å². The summed E-state index contributed by atoms with van der Waals surface area (Å²) in [7, 11) is 0. The summed E-state index contributed by atoms with van der Waals surface area (Å²) < 4.78 is 25.0. The Kier molecular flexibility index (Phi) is 5.29. The first kappa shape index (κ1) is 16.3. The number of urea groups is 1. The van der Waals surface area contributed by atoms with Crippen LogP contribution in [0.1, 0.15) is 12.8 Å². The quantitative estimate of drug-likeness (QED) is 0.696. The van der Waals surface area contributed by atoms with Gasteiger partial charge in [-0.25, -0.2) is 4.79 Å². The Hall–Kier alpha value is -1.05. The summed E-state index contributed by atoms with van der Waals surface area (Å²) in [6, 6.07) is 4.06. The van der Waals surface area contributed by atoms with Crippen molar-refractivity contribution < 1.29 is 18.7 Å². The Bertz CT molecular complexity index is 527. The maximum absolute atomic E-state index is 12.5. The summed E-state index contributed by atoms with van der Waals surface area (Å²) in [5.41, 5.74) is 0.0193. The lowest BCUT2D eigenvalue weighted by molar-refractivity contribution is 0.206. The maximum Gasteiger partial charge on any atom is 0.319 e. The van der Waals surface area contributed by atoms with Gasteiger partial charge in [0.25, 0.3) is 5.76 Å². The molecule has 8 heteroatoms. The maximum atomic E-state index is 12.5. The molecule has 116 valence electrons. The number of rotatable bonds is 6. The monoisotopic (exact) mass is 336 g/mol. The summed E-state index contributed by atoms with van der Waals surface area (Å²) >= 11 is 6.17. The number of hydrogen-bond donors (Lipinski definition) is 3. The number of aliphatic hydroxyl groups is 1. The van der Waals surface area contributed by atoms with Crippen molar-refractivity contribution in [1.82, 2.24) is 5.32 Å². The Labute approximate surface area is 130 Å². The second kappa shape index (κ2) is 6.81. The molecule has 1 aromatic carbocycles. The van der Waals surface area contributed by atoms with Gasteiger partial charge in [0.15, 0.2) is 0 Å². The molecule has 0 aromatic heterocycles. The van der Waals surface area contributed by atoms with E-state index < -0.39 is 11.8 Å². The van der Waals surface area contributed by atoms with Crippen LogP contribution in [0.3, 0.4) is 0 Å².